The number of alkyl halides is 3. The van der Waals surface area contributed by atoms with Gasteiger partial charge in [-0.05, 0) is 33.0 Å². The van der Waals surface area contributed by atoms with Gasteiger partial charge in [-0.25, -0.2) is 14.4 Å². The van der Waals surface area contributed by atoms with Gasteiger partial charge in [0.1, 0.15) is 5.82 Å². The van der Waals surface area contributed by atoms with Crippen LogP contribution in [0.15, 0.2) is 41.6 Å². The number of benzene rings is 1. The van der Waals surface area contributed by atoms with Crippen molar-refractivity contribution >= 4 is 17.5 Å². The van der Waals surface area contributed by atoms with Crippen LogP contribution in [0.1, 0.15) is 29.8 Å². The molecule has 0 unspecified atom stereocenters. The number of carbonyl (C=O) groups is 1. The van der Waals surface area contributed by atoms with Crippen LogP contribution < -0.4 is 21.1 Å². The maximum absolute atomic E-state index is 15.8. The molecule has 2 fully saturated rings. The molecule has 42 heavy (non-hydrogen) atoms. The van der Waals surface area contributed by atoms with E-state index in [9.17, 15) is 22.8 Å². The van der Waals surface area contributed by atoms with Crippen LogP contribution in [0.3, 0.4) is 0 Å². The van der Waals surface area contributed by atoms with Crippen molar-refractivity contribution in [2.45, 2.75) is 38.1 Å². The van der Waals surface area contributed by atoms with Gasteiger partial charge < -0.3 is 20.3 Å². The summed E-state index contributed by atoms with van der Waals surface area (Å²) in [6.07, 6.45) is -1.35. The van der Waals surface area contributed by atoms with E-state index in [4.69, 9.17) is 10.5 Å². The van der Waals surface area contributed by atoms with Crippen molar-refractivity contribution in [2.24, 2.45) is 5.73 Å². The predicted molar refractivity (Wildman–Crippen MR) is 148 cm³/mol. The van der Waals surface area contributed by atoms with Crippen molar-refractivity contribution < 1.29 is 27.1 Å². The molecule has 10 nitrogen and oxygen atoms in total. The van der Waals surface area contributed by atoms with Gasteiger partial charge in [0.25, 0.3) is 11.5 Å². The molecule has 2 atom stereocenters. The van der Waals surface area contributed by atoms with E-state index in [1.807, 2.05) is 37.7 Å². The number of ether oxygens (including phenoxy) is 1. The number of pyridine rings is 1. The summed E-state index contributed by atoms with van der Waals surface area (Å²) in [7, 11) is 3.79. The third-order valence-corrected chi connectivity index (χ3v) is 8.08. The smallest absolute Gasteiger partial charge is 0.377 e. The lowest BCUT2D eigenvalue weighted by atomic mass is 10.0. The Morgan fingerprint density at radius 1 is 1.07 bits per heavy atom. The summed E-state index contributed by atoms with van der Waals surface area (Å²) in [4.78, 5) is 39.8. The second-order valence-corrected chi connectivity index (χ2v) is 10.8. The average Bonchev–Trinajstić information content (AvgIpc) is 2.89. The number of hydrogen-bond acceptors (Lipinski definition) is 8. The maximum atomic E-state index is 15.8. The van der Waals surface area contributed by atoms with Gasteiger partial charge in [0.2, 0.25) is 5.95 Å². The number of likely N-dealkylation sites (N-methyl/N-ethyl adjacent to an activating group) is 2. The Kier molecular flexibility index (Phi) is 7.70. The second-order valence-electron chi connectivity index (χ2n) is 10.8. The fourth-order valence-corrected chi connectivity index (χ4v) is 5.22. The summed E-state index contributed by atoms with van der Waals surface area (Å²) in [6, 6.07) is 3.16. The molecule has 2 aliphatic heterocycles. The van der Waals surface area contributed by atoms with Crippen molar-refractivity contribution in [3.63, 3.8) is 0 Å². The highest BCUT2D eigenvalue weighted by molar-refractivity contribution is 5.94. The standard InChI is InChI=1S/C28H31F4N7O3/c1-15-10-38(11-16(2)36(15)3)23-7-22(29)19(17-8-34-27(35-9-17)37(4)18-13-42-14-18)5-24(23)39-12-20(26(33)41)21(6-25(39)40)28(30,31)32/h5-9,12,15-16,18H,10-11,13-14H2,1-4H3,(H2,33,41)/t15-,16+. The maximum Gasteiger partial charge on any atom is 0.417 e. The summed E-state index contributed by atoms with van der Waals surface area (Å²) in [5, 5.41) is 0. The molecule has 4 heterocycles. The average molecular weight is 590 g/mol. The third kappa shape index (κ3) is 5.43. The molecule has 224 valence electrons. The molecule has 2 aliphatic rings. The van der Waals surface area contributed by atoms with Crippen molar-refractivity contribution in [3.05, 3.63) is 64.1 Å². The van der Waals surface area contributed by atoms with Crippen LogP contribution in [-0.4, -0.2) is 83.9 Å². The lowest BCUT2D eigenvalue weighted by molar-refractivity contribution is -0.138. The molecule has 0 aliphatic carbocycles. The lowest BCUT2D eigenvalue weighted by Gasteiger charge is -2.44. The molecule has 2 N–H and O–H groups in total. The number of piperazine rings is 1. The van der Waals surface area contributed by atoms with E-state index in [0.717, 1.165) is 10.8 Å². The summed E-state index contributed by atoms with van der Waals surface area (Å²) in [6.45, 7) is 5.99. The fourth-order valence-electron chi connectivity index (χ4n) is 5.22. The first-order valence-corrected chi connectivity index (χ1v) is 13.3. The molecule has 2 saturated heterocycles. The fraction of sp³-hybridized carbons (Fsp3) is 0.429. The van der Waals surface area contributed by atoms with E-state index in [-0.39, 0.29) is 40.6 Å². The Labute approximate surface area is 239 Å². The van der Waals surface area contributed by atoms with E-state index in [0.29, 0.717) is 38.3 Å². The largest absolute Gasteiger partial charge is 0.417 e. The van der Waals surface area contributed by atoms with Crippen LogP contribution in [0, 0.1) is 5.82 Å². The van der Waals surface area contributed by atoms with Gasteiger partial charge in [-0.1, -0.05) is 0 Å². The minimum absolute atomic E-state index is 0.0255. The van der Waals surface area contributed by atoms with Crippen LogP contribution in [0.2, 0.25) is 0 Å². The Hall–Kier alpha value is -4.04. The third-order valence-electron chi connectivity index (χ3n) is 8.08. The Morgan fingerprint density at radius 3 is 2.21 bits per heavy atom. The number of carbonyl (C=O) groups excluding carboxylic acids is 1. The second kappa shape index (κ2) is 11.0. The van der Waals surface area contributed by atoms with E-state index < -0.39 is 34.6 Å². The van der Waals surface area contributed by atoms with Crippen molar-refractivity contribution in [1.29, 1.82) is 0 Å². The van der Waals surface area contributed by atoms with Crippen LogP contribution in [0.5, 0.6) is 0 Å². The molecule has 3 aromatic rings. The molecule has 5 rings (SSSR count). The highest BCUT2D eigenvalue weighted by Crippen LogP contribution is 2.36. The zero-order valence-electron chi connectivity index (χ0n) is 23.5. The number of aromatic nitrogens is 3. The molecule has 0 saturated carbocycles. The number of nitrogens with two attached hydrogens (primary N) is 1. The van der Waals surface area contributed by atoms with Gasteiger partial charge >= 0.3 is 6.18 Å². The number of halogens is 4. The molecule has 0 radical (unpaired) electrons. The Morgan fingerprint density at radius 2 is 1.69 bits per heavy atom. The topological polar surface area (TPSA) is 110 Å². The minimum Gasteiger partial charge on any atom is -0.377 e. The summed E-state index contributed by atoms with van der Waals surface area (Å²) in [5.41, 5.74) is 2.61. The molecule has 0 spiro atoms. The number of nitrogens with zero attached hydrogens (tertiary/aromatic N) is 6. The number of hydrogen-bond donors (Lipinski definition) is 1. The highest BCUT2D eigenvalue weighted by atomic mass is 19.4. The monoisotopic (exact) mass is 589 g/mol. The quantitative estimate of drug-likeness (QED) is 0.438. The predicted octanol–water partition coefficient (Wildman–Crippen LogP) is 2.92. The zero-order chi connectivity index (χ0) is 30.5. The molecule has 1 amide bonds. The van der Waals surface area contributed by atoms with Gasteiger partial charge in [0.05, 0.1) is 41.8 Å². The van der Waals surface area contributed by atoms with Crippen LogP contribution in [-0.2, 0) is 10.9 Å². The van der Waals surface area contributed by atoms with Crippen molar-refractivity contribution in [3.8, 4) is 16.8 Å². The molecule has 1 aromatic carbocycles. The first-order chi connectivity index (χ1) is 19.8. The highest BCUT2D eigenvalue weighted by Gasteiger charge is 2.37. The molecule has 14 heteroatoms. The van der Waals surface area contributed by atoms with Crippen LogP contribution in [0.4, 0.5) is 29.2 Å². The SMILES string of the molecule is C[C@@H]1CN(c2cc(F)c(-c3cnc(N(C)C4COC4)nc3)cc2-n2cc(C(N)=O)c(C(F)(F)F)cc2=O)C[C@H](C)N1C. The van der Waals surface area contributed by atoms with E-state index in [1.54, 1.807) is 0 Å². The Balaban J connectivity index is 1.67. The summed E-state index contributed by atoms with van der Waals surface area (Å²) < 4.78 is 62.9. The van der Waals surface area contributed by atoms with Crippen LogP contribution >= 0.6 is 0 Å². The van der Waals surface area contributed by atoms with Gasteiger partial charge in [0.15, 0.2) is 0 Å². The lowest BCUT2D eigenvalue weighted by Crippen LogP contribution is -2.55. The van der Waals surface area contributed by atoms with Gasteiger partial charge in [-0.2, -0.15) is 13.2 Å². The molecular weight excluding hydrogens is 558 g/mol. The normalized spacial score (nSPS) is 20.0. The minimum atomic E-state index is -4.99. The molecular formula is C28H31F4N7O3. The van der Waals surface area contributed by atoms with Crippen LogP contribution in [0.25, 0.3) is 16.8 Å². The number of rotatable bonds is 6. The molecule has 2 aromatic heterocycles. The van der Waals surface area contributed by atoms with Gasteiger partial charge in [0, 0.05) is 68.0 Å². The Bertz CT molecular complexity index is 1540. The van der Waals surface area contributed by atoms with E-state index in [2.05, 4.69) is 14.9 Å². The van der Waals surface area contributed by atoms with Gasteiger partial charge in [-0.3, -0.25) is 19.1 Å². The number of anilines is 2. The number of primary amides is 1. The van der Waals surface area contributed by atoms with Crippen molar-refractivity contribution in [2.75, 3.05) is 50.2 Å². The van der Waals surface area contributed by atoms with Gasteiger partial charge in [-0.15, -0.1) is 0 Å². The van der Waals surface area contributed by atoms with E-state index >= 15 is 4.39 Å². The first kappa shape index (κ1) is 29.5. The summed E-state index contributed by atoms with van der Waals surface area (Å²) >= 11 is 0. The van der Waals surface area contributed by atoms with Crippen molar-refractivity contribution in [1.82, 2.24) is 19.4 Å². The first-order valence-electron chi connectivity index (χ1n) is 13.3. The van der Waals surface area contributed by atoms with E-state index in [1.165, 1.54) is 24.5 Å². The molecule has 0 bridgehead atoms. The zero-order valence-corrected chi connectivity index (χ0v) is 23.5. The number of amides is 1. The summed E-state index contributed by atoms with van der Waals surface area (Å²) in [5.74, 6) is -1.58.